The molecule has 0 aliphatic rings. The Morgan fingerprint density at radius 1 is 1.42 bits per heavy atom. The molecule has 0 radical (unpaired) electrons. The highest BCUT2D eigenvalue weighted by Gasteiger charge is 2.13. The van der Waals surface area contributed by atoms with Crippen LogP contribution >= 0.6 is 0 Å². The van der Waals surface area contributed by atoms with Gasteiger partial charge >= 0.3 is 0 Å². The fraction of sp³-hybridized carbons (Fsp3) is 0.538. The van der Waals surface area contributed by atoms with Gasteiger partial charge < -0.3 is 10.1 Å². The molecule has 0 saturated heterocycles. The predicted molar refractivity (Wildman–Crippen MR) is 73.7 cm³/mol. The molecule has 0 aliphatic heterocycles. The summed E-state index contributed by atoms with van der Waals surface area (Å²) in [5.41, 5.74) is 0.884. The van der Waals surface area contributed by atoms with Gasteiger partial charge in [-0.1, -0.05) is 6.07 Å². The van der Waals surface area contributed by atoms with Crippen LogP contribution in [0.25, 0.3) is 0 Å². The summed E-state index contributed by atoms with van der Waals surface area (Å²) in [6.07, 6.45) is 2.45. The van der Waals surface area contributed by atoms with Crippen LogP contribution in [0, 0.1) is 5.82 Å². The van der Waals surface area contributed by atoms with E-state index in [1.807, 2.05) is 0 Å². The maximum absolute atomic E-state index is 13.3. The minimum atomic E-state index is -2.94. The Bertz CT molecular complexity index is 517. The molecule has 1 unspecified atom stereocenters. The van der Waals surface area contributed by atoms with Crippen molar-refractivity contribution in [2.24, 2.45) is 0 Å². The Kier molecular flexibility index (Phi) is 5.75. The van der Waals surface area contributed by atoms with Gasteiger partial charge in [0.1, 0.15) is 9.84 Å². The van der Waals surface area contributed by atoms with Crippen molar-refractivity contribution in [3.8, 4) is 5.75 Å². The molecule has 0 aromatic heterocycles. The molecule has 0 amide bonds. The van der Waals surface area contributed by atoms with Gasteiger partial charge in [-0.3, -0.25) is 0 Å². The van der Waals surface area contributed by atoms with Crippen molar-refractivity contribution in [1.82, 2.24) is 5.32 Å². The molecule has 0 bridgehead atoms. The number of halogens is 1. The lowest BCUT2D eigenvalue weighted by atomic mass is 10.0. The molecule has 0 spiro atoms. The van der Waals surface area contributed by atoms with Crippen molar-refractivity contribution in [3.63, 3.8) is 0 Å². The molecule has 1 aromatic carbocycles. The molecular formula is C13H20FNO3S. The quantitative estimate of drug-likeness (QED) is 0.833. The Morgan fingerprint density at radius 3 is 2.63 bits per heavy atom. The molecule has 0 heterocycles. The van der Waals surface area contributed by atoms with E-state index in [0.29, 0.717) is 12.8 Å². The van der Waals surface area contributed by atoms with Crippen LogP contribution in [-0.2, 0) is 9.84 Å². The lowest BCUT2D eigenvalue weighted by molar-refractivity contribution is 0.384. The Morgan fingerprint density at radius 2 is 2.11 bits per heavy atom. The molecule has 0 fully saturated rings. The highest BCUT2D eigenvalue weighted by Crippen LogP contribution is 2.25. The van der Waals surface area contributed by atoms with Crippen molar-refractivity contribution in [2.75, 3.05) is 26.2 Å². The number of methoxy groups -OCH3 is 1. The van der Waals surface area contributed by atoms with Crippen LogP contribution in [0.15, 0.2) is 18.2 Å². The van der Waals surface area contributed by atoms with Crippen LogP contribution < -0.4 is 10.1 Å². The molecule has 1 atom stereocenters. The number of ether oxygens (including phenoxy) is 1. The molecule has 4 nitrogen and oxygen atoms in total. The van der Waals surface area contributed by atoms with E-state index in [4.69, 9.17) is 4.74 Å². The molecule has 108 valence electrons. The first-order chi connectivity index (χ1) is 8.87. The van der Waals surface area contributed by atoms with Gasteiger partial charge in [0.2, 0.25) is 0 Å². The summed E-state index contributed by atoms with van der Waals surface area (Å²) in [6, 6.07) is 4.65. The van der Waals surface area contributed by atoms with Crippen LogP contribution in [0.2, 0.25) is 0 Å². The summed E-state index contributed by atoms with van der Waals surface area (Å²) in [7, 11) is 0.267. The summed E-state index contributed by atoms with van der Waals surface area (Å²) < 4.78 is 40.4. The highest BCUT2D eigenvalue weighted by atomic mass is 32.2. The average molecular weight is 289 g/mol. The van der Waals surface area contributed by atoms with E-state index in [0.717, 1.165) is 5.56 Å². The highest BCUT2D eigenvalue weighted by molar-refractivity contribution is 7.90. The molecule has 0 aliphatic carbocycles. The molecule has 1 N–H and O–H groups in total. The topological polar surface area (TPSA) is 55.4 Å². The molecule has 1 aromatic rings. The van der Waals surface area contributed by atoms with Gasteiger partial charge in [0.15, 0.2) is 11.6 Å². The van der Waals surface area contributed by atoms with E-state index in [1.54, 1.807) is 19.2 Å². The standard InChI is InChI=1S/C13H20FNO3S/c1-15-12(5-4-8-19(3,16)17)10-6-7-11(14)13(9-10)18-2/h6-7,9,12,15H,4-5,8H2,1-3H3. The van der Waals surface area contributed by atoms with Crippen LogP contribution in [0.4, 0.5) is 4.39 Å². The smallest absolute Gasteiger partial charge is 0.165 e. The molecule has 1 rings (SSSR count). The third kappa shape index (κ3) is 5.16. The van der Waals surface area contributed by atoms with Gasteiger partial charge in [-0.15, -0.1) is 0 Å². The molecule has 19 heavy (non-hydrogen) atoms. The third-order valence-corrected chi connectivity index (χ3v) is 3.96. The zero-order valence-electron chi connectivity index (χ0n) is 11.4. The third-order valence-electron chi connectivity index (χ3n) is 2.93. The molecule has 6 heteroatoms. The van der Waals surface area contributed by atoms with E-state index in [-0.39, 0.29) is 17.5 Å². The second kappa shape index (κ2) is 6.86. The average Bonchev–Trinajstić information content (AvgIpc) is 2.34. The summed E-state index contributed by atoms with van der Waals surface area (Å²) in [4.78, 5) is 0. The van der Waals surface area contributed by atoms with Gasteiger partial charge in [-0.2, -0.15) is 0 Å². The van der Waals surface area contributed by atoms with Crippen LogP contribution in [-0.4, -0.2) is 34.6 Å². The first-order valence-corrected chi connectivity index (χ1v) is 8.12. The largest absolute Gasteiger partial charge is 0.494 e. The maximum atomic E-state index is 13.3. The van der Waals surface area contributed by atoms with Crippen LogP contribution in [0.3, 0.4) is 0 Å². The fourth-order valence-electron chi connectivity index (χ4n) is 1.92. The molecular weight excluding hydrogens is 269 g/mol. The number of nitrogens with one attached hydrogen (secondary N) is 1. The number of benzene rings is 1. The zero-order valence-corrected chi connectivity index (χ0v) is 12.3. The van der Waals surface area contributed by atoms with E-state index in [9.17, 15) is 12.8 Å². The molecule has 0 saturated carbocycles. The van der Waals surface area contributed by atoms with Crippen molar-refractivity contribution in [1.29, 1.82) is 0 Å². The van der Waals surface area contributed by atoms with Gasteiger partial charge in [-0.25, -0.2) is 12.8 Å². The van der Waals surface area contributed by atoms with Crippen LogP contribution in [0.5, 0.6) is 5.75 Å². The summed E-state index contributed by atoms with van der Waals surface area (Å²) in [5, 5.41) is 3.10. The fourth-order valence-corrected chi connectivity index (χ4v) is 2.61. The second-order valence-corrected chi connectivity index (χ2v) is 6.77. The first kappa shape index (κ1) is 15.9. The van der Waals surface area contributed by atoms with Gasteiger partial charge in [0.05, 0.1) is 7.11 Å². The van der Waals surface area contributed by atoms with Gasteiger partial charge in [-0.05, 0) is 37.6 Å². The Balaban J connectivity index is 2.74. The van der Waals surface area contributed by atoms with E-state index < -0.39 is 15.7 Å². The first-order valence-electron chi connectivity index (χ1n) is 6.06. The van der Waals surface area contributed by atoms with Crippen molar-refractivity contribution in [2.45, 2.75) is 18.9 Å². The van der Waals surface area contributed by atoms with E-state index >= 15 is 0 Å². The lowest BCUT2D eigenvalue weighted by Gasteiger charge is -2.17. The minimum Gasteiger partial charge on any atom is -0.494 e. The number of sulfone groups is 1. The van der Waals surface area contributed by atoms with Crippen molar-refractivity contribution < 1.29 is 17.5 Å². The minimum absolute atomic E-state index is 0.0174. The Hall–Kier alpha value is -1.14. The van der Waals surface area contributed by atoms with Gasteiger partial charge in [0.25, 0.3) is 0 Å². The number of rotatable bonds is 7. The maximum Gasteiger partial charge on any atom is 0.165 e. The van der Waals surface area contributed by atoms with Gasteiger partial charge in [0, 0.05) is 18.1 Å². The second-order valence-electron chi connectivity index (χ2n) is 4.51. The van der Waals surface area contributed by atoms with Crippen molar-refractivity contribution in [3.05, 3.63) is 29.6 Å². The van der Waals surface area contributed by atoms with E-state index in [2.05, 4.69) is 5.32 Å². The zero-order chi connectivity index (χ0) is 14.5. The normalized spacial score (nSPS) is 13.3. The summed E-state index contributed by atoms with van der Waals surface area (Å²) in [5.74, 6) is -0.0538. The monoisotopic (exact) mass is 289 g/mol. The van der Waals surface area contributed by atoms with Crippen LogP contribution in [0.1, 0.15) is 24.4 Å². The Labute approximate surface area is 113 Å². The van der Waals surface area contributed by atoms with Crippen molar-refractivity contribution >= 4 is 9.84 Å². The lowest BCUT2D eigenvalue weighted by Crippen LogP contribution is -2.17. The van der Waals surface area contributed by atoms with E-state index in [1.165, 1.54) is 19.4 Å². The summed E-state index contributed by atoms with van der Waals surface area (Å²) in [6.45, 7) is 0. The SMILES string of the molecule is CNC(CCCS(C)(=O)=O)c1ccc(F)c(OC)c1. The predicted octanol–water partition coefficient (Wildman–Crippen LogP) is 1.92. The number of hydrogen-bond acceptors (Lipinski definition) is 4. The summed E-state index contributed by atoms with van der Waals surface area (Å²) >= 11 is 0. The number of hydrogen-bond donors (Lipinski definition) is 1.